The topological polar surface area (TPSA) is 62.7 Å². The first-order chi connectivity index (χ1) is 17.9. The zero-order valence-corrected chi connectivity index (χ0v) is 22.5. The maximum absolute atomic E-state index is 15.5. The van der Waals surface area contributed by atoms with E-state index in [9.17, 15) is 9.90 Å². The Morgan fingerprint density at radius 1 is 1.22 bits per heavy atom. The number of methoxy groups -OCH3 is 1. The lowest BCUT2D eigenvalue weighted by molar-refractivity contribution is -0.139. The first-order valence-electron chi connectivity index (χ1n) is 12.8. The molecule has 0 aliphatic carbocycles. The van der Waals surface area contributed by atoms with E-state index in [1.54, 1.807) is 19.4 Å². The largest absolute Gasteiger partial charge is 0.497 e. The summed E-state index contributed by atoms with van der Waals surface area (Å²) in [5, 5.41) is 11.6. The van der Waals surface area contributed by atoms with Gasteiger partial charge in [0.05, 0.1) is 12.6 Å². The van der Waals surface area contributed by atoms with E-state index in [0.717, 1.165) is 48.8 Å². The van der Waals surface area contributed by atoms with Crippen LogP contribution in [0.3, 0.4) is 0 Å². The molecule has 1 saturated heterocycles. The molecule has 1 aromatic heterocycles. The molecule has 0 amide bonds. The molecule has 1 fully saturated rings. The number of rotatable bonds is 11. The molecule has 8 heteroatoms. The number of aliphatic carboxylic acids is 1. The second-order valence-electron chi connectivity index (χ2n) is 9.84. The SMILES string of the molecule is COc1ccc2nccc([C@H](F)CC[C@@H]3CCN(CCCc4c(Cl)cccc4Cl)C[C@@H]3CC(=O)O)c2c1. The Morgan fingerprint density at radius 2 is 2.00 bits per heavy atom. The molecule has 0 unspecified atom stereocenters. The number of nitrogens with zero attached hydrogens (tertiary/aromatic N) is 2. The Hall–Kier alpha value is -2.41. The van der Waals surface area contributed by atoms with Gasteiger partial charge in [-0.15, -0.1) is 0 Å². The summed E-state index contributed by atoms with van der Waals surface area (Å²) in [4.78, 5) is 18.3. The van der Waals surface area contributed by atoms with Gasteiger partial charge in [-0.2, -0.15) is 0 Å². The number of alkyl halides is 1. The molecule has 37 heavy (non-hydrogen) atoms. The number of hydrogen-bond acceptors (Lipinski definition) is 4. The predicted octanol–water partition coefficient (Wildman–Crippen LogP) is 7.39. The van der Waals surface area contributed by atoms with Gasteiger partial charge in [-0.3, -0.25) is 9.78 Å². The van der Waals surface area contributed by atoms with Crippen molar-refractivity contribution in [3.05, 3.63) is 69.8 Å². The summed E-state index contributed by atoms with van der Waals surface area (Å²) in [5.74, 6) is 0.0336. The van der Waals surface area contributed by atoms with Crippen LogP contribution in [0, 0.1) is 11.8 Å². The summed E-state index contributed by atoms with van der Waals surface area (Å²) >= 11 is 12.6. The smallest absolute Gasteiger partial charge is 0.303 e. The Bertz CT molecular complexity index is 1200. The van der Waals surface area contributed by atoms with E-state index in [4.69, 9.17) is 27.9 Å². The van der Waals surface area contributed by atoms with Crippen LogP contribution in [0.5, 0.6) is 5.75 Å². The van der Waals surface area contributed by atoms with Crippen LogP contribution in [-0.2, 0) is 11.2 Å². The summed E-state index contributed by atoms with van der Waals surface area (Å²) in [7, 11) is 1.59. The average molecular weight is 547 g/mol. The van der Waals surface area contributed by atoms with E-state index in [-0.39, 0.29) is 18.3 Å². The molecule has 4 rings (SSSR count). The van der Waals surface area contributed by atoms with Crippen molar-refractivity contribution in [1.82, 2.24) is 9.88 Å². The Kier molecular flexibility index (Phi) is 9.63. The fourth-order valence-electron chi connectivity index (χ4n) is 5.51. The maximum Gasteiger partial charge on any atom is 0.303 e. The average Bonchev–Trinajstić information content (AvgIpc) is 2.88. The normalized spacial score (nSPS) is 19.1. The highest BCUT2D eigenvalue weighted by atomic mass is 35.5. The number of piperidine rings is 1. The van der Waals surface area contributed by atoms with E-state index in [1.165, 1.54) is 0 Å². The minimum absolute atomic E-state index is 0.00312. The second-order valence-corrected chi connectivity index (χ2v) is 10.7. The fourth-order valence-corrected chi connectivity index (χ4v) is 6.09. The fraction of sp³-hybridized carbons (Fsp3) is 0.448. The third kappa shape index (κ3) is 7.13. The van der Waals surface area contributed by atoms with Crippen LogP contribution in [0.25, 0.3) is 10.9 Å². The number of benzene rings is 2. The summed E-state index contributed by atoms with van der Waals surface area (Å²) in [6.45, 7) is 2.43. The van der Waals surface area contributed by atoms with Crippen molar-refractivity contribution in [3.8, 4) is 5.75 Å². The third-order valence-electron chi connectivity index (χ3n) is 7.49. The predicted molar refractivity (Wildman–Crippen MR) is 146 cm³/mol. The van der Waals surface area contributed by atoms with E-state index in [1.807, 2.05) is 36.4 Å². The Balaban J connectivity index is 1.35. The summed E-state index contributed by atoms with van der Waals surface area (Å²) in [6, 6.07) is 12.7. The third-order valence-corrected chi connectivity index (χ3v) is 8.19. The van der Waals surface area contributed by atoms with Gasteiger partial charge >= 0.3 is 5.97 Å². The summed E-state index contributed by atoms with van der Waals surface area (Å²) in [5.41, 5.74) is 2.29. The van der Waals surface area contributed by atoms with Gasteiger partial charge in [-0.25, -0.2) is 4.39 Å². The summed E-state index contributed by atoms with van der Waals surface area (Å²) in [6.07, 6.45) is 4.11. The van der Waals surface area contributed by atoms with Crippen LogP contribution in [0.15, 0.2) is 48.7 Å². The van der Waals surface area contributed by atoms with Gasteiger partial charge in [0, 0.05) is 34.6 Å². The van der Waals surface area contributed by atoms with Gasteiger partial charge in [0.1, 0.15) is 11.9 Å². The molecule has 0 radical (unpaired) electrons. The lowest BCUT2D eigenvalue weighted by Crippen LogP contribution is -2.42. The van der Waals surface area contributed by atoms with Crippen LogP contribution >= 0.6 is 23.2 Å². The molecular formula is C29H33Cl2FN2O3. The number of pyridine rings is 1. The molecule has 1 aliphatic heterocycles. The van der Waals surface area contributed by atoms with Gasteiger partial charge in [0.25, 0.3) is 0 Å². The number of carboxylic acid groups (broad SMARTS) is 1. The van der Waals surface area contributed by atoms with Crippen molar-refractivity contribution in [2.24, 2.45) is 11.8 Å². The zero-order valence-electron chi connectivity index (χ0n) is 21.0. The molecule has 198 valence electrons. The molecule has 3 aromatic rings. The van der Waals surface area contributed by atoms with Gasteiger partial charge in [0.2, 0.25) is 0 Å². The van der Waals surface area contributed by atoms with Crippen molar-refractivity contribution in [3.63, 3.8) is 0 Å². The first kappa shape index (κ1) is 27.6. The van der Waals surface area contributed by atoms with Crippen LogP contribution in [0.1, 0.15) is 49.4 Å². The van der Waals surface area contributed by atoms with E-state index in [2.05, 4.69) is 9.88 Å². The zero-order chi connectivity index (χ0) is 26.4. The van der Waals surface area contributed by atoms with Crippen molar-refractivity contribution >= 4 is 40.1 Å². The number of carboxylic acids is 1. The highest BCUT2D eigenvalue weighted by Crippen LogP contribution is 2.36. The molecule has 2 heterocycles. The minimum atomic E-state index is -1.15. The monoisotopic (exact) mass is 546 g/mol. The Labute approximate surface area is 227 Å². The van der Waals surface area contributed by atoms with E-state index >= 15 is 4.39 Å². The van der Waals surface area contributed by atoms with Crippen LogP contribution < -0.4 is 4.74 Å². The van der Waals surface area contributed by atoms with Crippen molar-refractivity contribution in [1.29, 1.82) is 0 Å². The van der Waals surface area contributed by atoms with Gasteiger partial charge in [-0.1, -0.05) is 29.3 Å². The first-order valence-corrected chi connectivity index (χ1v) is 13.5. The Morgan fingerprint density at radius 3 is 2.73 bits per heavy atom. The molecular weight excluding hydrogens is 514 g/mol. The number of halogens is 3. The van der Waals surface area contributed by atoms with Gasteiger partial charge in [0.15, 0.2) is 0 Å². The molecule has 5 nitrogen and oxygen atoms in total. The van der Waals surface area contributed by atoms with Crippen LogP contribution in [0.4, 0.5) is 4.39 Å². The molecule has 3 atom stereocenters. The van der Waals surface area contributed by atoms with Crippen LogP contribution in [-0.4, -0.2) is 47.7 Å². The molecule has 2 aromatic carbocycles. The molecule has 0 spiro atoms. The van der Waals surface area contributed by atoms with Crippen molar-refractivity contribution in [2.45, 2.75) is 44.7 Å². The van der Waals surface area contributed by atoms with Gasteiger partial charge < -0.3 is 14.7 Å². The second kappa shape index (κ2) is 12.9. The van der Waals surface area contributed by atoms with Gasteiger partial charge in [-0.05, 0) is 105 Å². The number of carbonyl (C=O) groups is 1. The number of ether oxygens (including phenoxy) is 1. The molecule has 0 bridgehead atoms. The minimum Gasteiger partial charge on any atom is -0.497 e. The molecule has 0 saturated carbocycles. The molecule has 1 aliphatic rings. The van der Waals surface area contributed by atoms with Crippen LogP contribution in [0.2, 0.25) is 10.0 Å². The lowest BCUT2D eigenvalue weighted by Gasteiger charge is -2.38. The standard InChI is InChI=1S/C29H33Cl2FN2O3/c1-37-21-8-10-28-24(17-21)22(11-13-33-28)27(32)9-7-19-12-15-34(18-20(19)16-29(35)36)14-3-4-23-25(30)5-2-6-26(23)31/h2,5-6,8,10-11,13,17,19-20,27H,3-4,7,9,12,14-16,18H2,1H3,(H,35,36)/t19-,20+,27-/m1/s1. The van der Waals surface area contributed by atoms with E-state index < -0.39 is 12.1 Å². The van der Waals surface area contributed by atoms with E-state index in [0.29, 0.717) is 40.7 Å². The summed E-state index contributed by atoms with van der Waals surface area (Å²) < 4.78 is 20.8. The van der Waals surface area contributed by atoms with Crippen molar-refractivity contribution in [2.75, 3.05) is 26.7 Å². The number of fused-ring (bicyclic) bond motifs is 1. The quantitative estimate of drug-likeness (QED) is 0.271. The lowest BCUT2D eigenvalue weighted by atomic mass is 9.79. The van der Waals surface area contributed by atoms with Crippen molar-refractivity contribution < 1.29 is 19.0 Å². The maximum atomic E-state index is 15.5. The molecule has 1 N–H and O–H groups in total. The highest BCUT2D eigenvalue weighted by Gasteiger charge is 2.31. The number of hydrogen-bond donors (Lipinski definition) is 1. The number of likely N-dealkylation sites (tertiary alicyclic amines) is 1. The number of aromatic nitrogens is 1. The highest BCUT2D eigenvalue weighted by molar-refractivity contribution is 6.35.